The molecule has 0 fully saturated rings. The van der Waals surface area contributed by atoms with Gasteiger partial charge in [0, 0.05) is 5.92 Å². The zero-order chi connectivity index (χ0) is 10.3. The Morgan fingerprint density at radius 1 is 1.46 bits per heavy atom. The molecule has 0 aliphatic carbocycles. The smallest absolute Gasteiger partial charge is 0.152 e. The molecule has 0 heterocycles. The first kappa shape index (κ1) is 13.0. The molecule has 0 rings (SSSR count). The van der Waals surface area contributed by atoms with Gasteiger partial charge in [0.15, 0.2) is 5.78 Å². The van der Waals surface area contributed by atoms with Crippen molar-refractivity contribution in [1.82, 2.24) is 5.32 Å². The van der Waals surface area contributed by atoms with E-state index >= 15 is 0 Å². The number of likely N-dealkylation sites (N-methyl/N-ethyl adjacent to an activating group) is 1. The summed E-state index contributed by atoms with van der Waals surface area (Å²) in [7, 11) is 0. The average molecular weight is 203 g/mol. The molecule has 3 heteroatoms. The van der Waals surface area contributed by atoms with Crippen LogP contribution in [-0.2, 0) is 4.79 Å². The predicted molar refractivity (Wildman–Crippen MR) is 60.3 cm³/mol. The number of nitrogens with one attached hydrogen (secondary N) is 1. The van der Waals surface area contributed by atoms with E-state index in [4.69, 9.17) is 0 Å². The second-order valence-corrected chi connectivity index (χ2v) is 4.43. The van der Waals surface area contributed by atoms with Gasteiger partial charge in [0.1, 0.15) is 0 Å². The highest BCUT2D eigenvalue weighted by atomic mass is 32.2. The van der Waals surface area contributed by atoms with Crippen LogP contribution in [0.25, 0.3) is 0 Å². The molecular formula is C10H21NOS. The van der Waals surface area contributed by atoms with Gasteiger partial charge < -0.3 is 5.32 Å². The van der Waals surface area contributed by atoms with E-state index in [1.165, 1.54) is 0 Å². The molecule has 1 N–H and O–H groups in total. The van der Waals surface area contributed by atoms with Crippen molar-refractivity contribution in [2.24, 2.45) is 5.92 Å². The van der Waals surface area contributed by atoms with Crippen molar-refractivity contribution in [2.45, 2.75) is 33.2 Å². The Kier molecular flexibility index (Phi) is 7.38. The van der Waals surface area contributed by atoms with Crippen molar-refractivity contribution in [1.29, 1.82) is 0 Å². The van der Waals surface area contributed by atoms with Crippen molar-refractivity contribution in [3.05, 3.63) is 0 Å². The summed E-state index contributed by atoms with van der Waals surface area (Å²) < 4.78 is 0. The van der Waals surface area contributed by atoms with Gasteiger partial charge in [-0.2, -0.15) is 11.8 Å². The van der Waals surface area contributed by atoms with Gasteiger partial charge in [-0.1, -0.05) is 20.8 Å². The minimum atomic E-state index is 0.0671. The molecule has 0 saturated carbocycles. The van der Waals surface area contributed by atoms with Crippen molar-refractivity contribution in [2.75, 3.05) is 18.6 Å². The first-order chi connectivity index (χ1) is 6.13. The minimum Gasteiger partial charge on any atom is -0.308 e. The Morgan fingerprint density at radius 3 is 2.46 bits per heavy atom. The second kappa shape index (κ2) is 7.39. The normalized spacial score (nSPS) is 13.3. The van der Waals surface area contributed by atoms with Crippen LogP contribution in [0.3, 0.4) is 0 Å². The highest BCUT2D eigenvalue weighted by molar-refractivity contribution is 7.98. The number of carbonyl (C=O) groups is 1. The Balaban J connectivity index is 3.99. The van der Waals surface area contributed by atoms with Crippen LogP contribution in [-0.4, -0.2) is 30.4 Å². The number of ketones is 1. The molecule has 0 aromatic heterocycles. The van der Waals surface area contributed by atoms with Crippen LogP contribution in [0.2, 0.25) is 0 Å². The molecule has 0 aromatic rings. The molecular weight excluding hydrogens is 182 g/mol. The van der Waals surface area contributed by atoms with E-state index in [2.05, 4.69) is 11.6 Å². The molecule has 0 saturated heterocycles. The molecule has 0 aliphatic rings. The average Bonchev–Trinajstić information content (AvgIpc) is 2.11. The van der Waals surface area contributed by atoms with Crippen LogP contribution in [0.15, 0.2) is 0 Å². The highest BCUT2D eigenvalue weighted by Crippen LogP contribution is 2.06. The molecule has 0 aromatic carbocycles. The van der Waals surface area contributed by atoms with Crippen LogP contribution in [0.1, 0.15) is 27.2 Å². The van der Waals surface area contributed by atoms with Gasteiger partial charge in [0.2, 0.25) is 0 Å². The largest absolute Gasteiger partial charge is 0.308 e. The molecule has 1 atom stereocenters. The number of thioether (sulfide) groups is 1. The van der Waals surface area contributed by atoms with Gasteiger partial charge in [-0.15, -0.1) is 0 Å². The van der Waals surface area contributed by atoms with E-state index < -0.39 is 0 Å². The maximum atomic E-state index is 11.7. The monoisotopic (exact) mass is 203 g/mol. The molecule has 0 radical (unpaired) electrons. The van der Waals surface area contributed by atoms with Crippen molar-refractivity contribution < 1.29 is 4.79 Å². The third-order valence-electron chi connectivity index (χ3n) is 1.97. The third kappa shape index (κ3) is 5.32. The standard InChI is InChI=1S/C10H21NOS/c1-5-11-9(6-7-13-4)10(12)8(2)3/h8-9,11H,5-7H2,1-4H3/t9-/m0/s1. The fourth-order valence-electron chi connectivity index (χ4n) is 1.23. The topological polar surface area (TPSA) is 29.1 Å². The Bertz CT molecular complexity index is 148. The maximum absolute atomic E-state index is 11.7. The fraction of sp³-hybridized carbons (Fsp3) is 0.900. The van der Waals surface area contributed by atoms with Crippen LogP contribution in [0.4, 0.5) is 0 Å². The maximum Gasteiger partial charge on any atom is 0.152 e. The van der Waals surface area contributed by atoms with Crippen LogP contribution in [0.5, 0.6) is 0 Å². The number of hydrogen-bond donors (Lipinski definition) is 1. The zero-order valence-corrected chi connectivity index (χ0v) is 9.91. The lowest BCUT2D eigenvalue weighted by Gasteiger charge is -2.17. The zero-order valence-electron chi connectivity index (χ0n) is 9.09. The quantitative estimate of drug-likeness (QED) is 0.685. The lowest BCUT2D eigenvalue weighted by atomic mass is 10.00. The van der Waals surface area contributed by atoms with Crippen LogP contribution < -0.4 is 5.32 Å². The van der Waals surface area contributed by atoms with E-state index in [1.807, 2.05) is 20.8 Å². The van der Waals surface area contributed by atoms with Gasteiger partial charge in [0.25, 0.3) is 0 Å². The van der Waals surface area contributed by atoms with Crippen molar-refractivity contribution in [3.63, 3.8) is 0 Å². The van der Waals surface area contributed by atoms with Gasteiger partial charge in [-0.3, -0.25) is 4.79 Å². The van der Waals surface area contributed by atoms with Gasteiger partial charge >= 0.3 is 0 Å². The summed E-state index contributed by atoms with van der Waals surface area (Å²) in [6.07, 6.45) is 3.02. The molecule has 0 unspecified atom stereocenters. The first-order valence-electron chi connectivity index (χ1n) is 4.89. The van der Waals surface area contributed by atoms with Gasteiger partial charge in [-0.05, 0) is 25.0 Å². The molecule has 2 nitrogen and oxygen atoms in total. The van der Waals surface area contributed by atoms with Crippen molar-refractivity contribution >= 4 is 17.5 Å². The number of Topliss-reactive ketones (excluding diaryl/α,β-unsaturated/α-hetero) is 1. The van der Waals surface area contributed by atoms with Crippen LogP contribution >= 0.6 is 11.8 Å². The second-order valence-electron chi connectivity index (χ2n) is 3.45. The van der Waals surface area contributed by atoms with E-state index in [0.717, 1.165) is 18.7 Å². The summed E-state index contributed by atoms with van der Waals surface area (Å²) in [6, 6.07) is 0.0671. The van der Waals surface area contributed by atoms with Crippen LogP contribution in [0, 0.1) is 5.92 Å². The minimum absolute atomic E-state index is 0.0671. The summed E-state index contributed by atoms with van der Waals surface area (Å²) in [4.78, 5) is 11.7. The SMILES string of the molecule is CCN[C@@H](CCSC)C(=O)C(C)C. The molecule has 78 valence electrons. The Morgan fingerprint density at radius 2 is 2.08 bits per heavy atom. The summed E-state index contributed by atoms with van der Waals surface area (Å²) in [5, 5.41) is 3.24. The number of hydrogen-bond acceptors (Lipinski definition) is 3. The molecule has 0 aliphatic heterocycles. The summed E-state index contributed by atoms with van der Waals surface area (Å²) in [5.41, 5.74) is 0. The predicted octanol–water partition coefficient (Wildman–Crippen LogP) is 1.94. The van der Waals surface area contributed by atoms with Gasteiger partial charge in [-0.25, -0.2) is 0 Å². The summed E-state index contributed by atoms with van der Waals surface area (Å²) >= 11 is 1.79. The summed E-state index contributed by atoms with van der Waals surface area (Å²) in [5.74, 6) is 1.54. The first-order valence-corrected chi connectivity index (χ1v) is 6.28. The van der Waals surface area contributed by atoms with E-state index in [9.17, 15) is 4.79 Å². The Labute approximate surface area is 85.9 Å². The van der Waals surface area contributed by atoms with E-state index in [0.29, 0.717) is 5.78 Å². The van der Waals surface area contributed by atoms with Gasteiger partial charge in [0.05, 0.1) is 6.04 Å². The molecule has 0 bridgehead atoms. The number of rotatable bonds is 7. The molecule has 13 heavy (non-hydrogen) atoms. The fourth-order valence-corrected chi connectivity index (χ4v) is 1.70. The van der Waals surface area contributed by atoms with E-state index in [1.54, 1.807) is 11.8 Å². The Hall–Kier alpha value is -0.0200. The number of carbonyl (C=O) groups excluding carboxylic acids is 1. The lowest BCUT2D eigenvalue weighted by molar-refractivity contribution is -0.124. The van der Waals surface area contributed by atoms with E-state index in [-0.39, 0.29) is 12.0 Å². The van der Waals surface area contributed by atoms with Crippen molar-refractivity contribution in [3.8, 4) is 0 Å². The molecule has 0 amide bonds. The molecule has 0 spiro atoms. The lowest BCUT2D eigenvalue weighted by Crippen LogP contribution is -2.39. The summed E-state index contributed by atoms with van der Waals surface area (Å²) in [6.45, 7) is 6.84. The highest BCUT2D eigenvalue weighted by Gasteiger charge is 2.19. The third-order valence-corrected chi connectivity index (χ3v) is 2.62.